The second kappa shape index (κ2) is 1.43. The van der Waals surface area contributed by atoms with E-state index in [1.54, 1.807) is 10.4 Å². The van der Waals surface area contributed by atoms with Gasteiger partial charge in [-0.1, -0.05) is 0 Å². The molecule has 0 atom stereocenters. The fourth-order valence-electron chi connectivity index (χ4n) is 0.331. The molecule has 0 radical (unpaired) electrons. The molecule has 3 heteroatoms. The monoisotopic (exact) mass is 103 g/mol. The number of rotatable bonds is 0. The molecule has 0 aliphatic carbocycles. The third-order valence-electron chi connectivity index (χ3n) is 0.622. The smallest absolute Gasteiger partial charge is 0.308 e. The average molecular weight is 103 g/mol. The van der Waals surface area contributed by atoms with Crippen LogP contribution in [0.15, 0.2) is 0 Å². The molecule has 0 amide bonds. The Balaban J connectivity index is 2.45. The van der Waals surface area contributed by atoms with Gasteiger partial charge < -0.3 is 21.5 Å². The summed E-state index contributed by atoms with van der Waals surface area (Å²) in [6, 6.07) is 0. The maximum atomic E-state index is 4.75. The van der Waals surface area contributed by atoms with Crippen molar-refractivity contribution >= 4 is 19.2 Å². The van der Waals surface area contributed by atoms with Gasteiger partial charge >= 0.3 is 6.40 Å². The Morgan fingerprint density at radius 1 is 1.83 bits per heavy atom. The fourth-order valence-corrected chi connectivity index (χ4v) is 0.467. The quantitative estimate of drug-likeness (QED) is 0.303. The number of ether oxygens (including phenoxy) is 1. The van der Waals surface area contributed by atoms with E-state index in [1.807, 2.05) is 0 Å². The SMILES string of the molecule is [S-][N+]1=COCC1. The van der Waals surface area contributed by atoms with E-state index in [1.165, 1.54) is 0 Å². The summed E-state index contributed by atoms with van der Waals surface area (Å²) in [4.78, 5) is 0. The first-order chi connectivity index (χ1) is 2.89. The van der Waals surface area contributed by atoms with E-state index in [4.69, 9.17) is 4.74 Å². The zero-order chi connectivity index (χ0) is 4.41. The van der Waals surface area contributed by atoms with E-state index in [9.17, 15) is 0 Å². The molecule has 1 heterocycles. The minimum absolute atomic E-state index is 0.753. The molecule has 1 rings (SSSR count). The van der Waals surface area contributed by atoms with Crippen LogP contribution in [0.1, 0.15) is 0 Å². The van der Waals surface area contributed by atoms with Crippen LogP contribution < -0.4 is 0 Å². The van der Waals surface area contributed by atoms with Crippen LogP contribution in [0.3, 0.4) is 0 Å². The molecule has 2 nitrogen and oxygen atoms in total. The van der Waals surface area contributed by atoms with Gasteiger partial charge in [0.15, 0.2) is 13.2 Å². The van der Waals surface area contributed by atoms with E-state index in [-0.39, 0.29) is 0 Å². The second-order valence-corrected chi connectivity index (χ2v) is 1.59. The van der Waals surface area contributed by atoms with Crippen molar-refractivity contribution in [1.82, 2.24) is 0 Å². The van der Waals surface area contributed by atoms with Crippen molar-refractivity contribution in [3.63, 3.8) is 0 Å². The summed E-state index contributed by atoms with van der Waals surface area (Å²) >= 11 is 4.66. The summed E-state index contributed by atoms with van der Waals surface area (Å²) in [5.41, 5.74) is 0. The molecule has 0 aromatic carbocycles. The molecular formula is C3H5NOS. The van der Waals surface area contributed by atoms with Crippen LogP contribution in [0.2, 0.25) is 0 Å². The molecule has 0 aromatic rings. The molecule has 0 unspecified atom stereocenters. The van der Waals surface area contributed by atoms with Gasteiger partial charge in [0.05, 0.1) is 0 Å². The molecular weight excluding hydrogens is 98.1 g/mol. The van der Waals surface area contributed by atoms with E-state index in [0.717, 1.165) is 13.2 Å². The summed E-state index contributed by atoms with van der Waals surface area (Å²) < 4.78 is 6.35. The first kappa shape index (κ1) is 3.87. The van der Waals surface area contributed by atoms with Crippen molar-refractivity contribution in [2.45, 2.75) is 0 Å². The largest absolute Gasteiger partial charge is 0.444 e. The highest BCUT2D eigenvalue weighted by Crippen LogP contribution is 1.79. The number of hydrogen-bond acceptors (Lipinski definition) is 2. The predicted molar refractivity (Wildman–Crippen MR) is 24.5 cm³/mol. The molecule has 0 saturated heterocycles. The van der Waals surface area contributed by atoms with Gasteiger partial charge in [0.2, 0.25) is 0 Å². The van der Waals surface area contributed by atoms with Crippen LogP contribution in [-0.4, -0.2) is 23.5 Å². The summed E-state index contributed by atoms with van der Waals surface area (Å²) in [5, 5.41) is 0. The maximum absolute atomic E-state index is 4.75. The highest BCUT2D eigenvalue weighted by Gasteiger charge is 1.97. The predicted octanol–water partition coefficient (Wildman–Crippen LogP) is -0.481. The zero-order valence-corrected chi connectivity index (χ0v) is 4.07. The maximum Gasteiger partial charge on any atom is 0.308 e. The van der Waals surface area contributed by atoms with Crippen LogP contribution in [0.4, 0.5) is 0 Å². The van der Waals surface area contributed by atoms with E-state index in [0.29, 0.717) is 0 Å². The molecule has 34 valence electrons. The van der Waals surface area contributed by atoms with Gasteiger partial charge in [-0.15, -0.1) is 0 Å². The Hall–Kier alpha value is -0.310. The normalized spacial score (nSPS) is 19.7. The highest BCUT2D eigenvalue weighted by molar-refractivity contribution is 7.51. The Morgan fingerprint density at radius 3 is 2.83 bits per heavy atom. The Bertz CT molecular complexity index is 80.9. The topological polar surface area (TPSA) is 12.2 Å². The number of nitrogens with zero attached hydrogens (tertiary/aromatic N) is 1. The van der Waals surface area contributed by atoms with Crippen molar-refractivity contribution in [2.24, 2.45) is 0 Å². The van der Waals surface area contributed by atoms with Gasteiger partial charge in [-0.3, -0.25) is 0 Å². The molecule has 0 bridgehead atoms. The summed E-state index contributed by atoms with van der Waals surface area (Å²) in [5.74, 6) is 0. The van der Waals surface area contributed by atoms with Crippen molar-refractivity contribution in [1.29, 1.82) is 0 Å². The summed E-state index contributed by atoms with van der Waals surface area (Å²) in [7, 11) is 0. The summed E-state index contributed by atoms with van der Waals surface area (Å²) in [6.07, 6.45) is 1.55. The van der Waals surface area contributed by atoms with Gasteiger partial charge in [0.25, 0.3) is 0 Å². The van der Waals surface area contributed by atoms with Gasteiger partial charge in [0, 0.05) is 0 Å². The fraction of sp³-hybridized carbons (Fsp3) is 0.667. The van der Waals surface area contributed by atoms with E-state index >= 15 is 0 Å². The molecule has 0 fully saturated rings. The molecule has 0 N–H and O–H groups in total. The van der Waals surface area contributed by atoms with Crippen LogP contribution >= 0.6 is 0 Å². The van der Waals surface area contributed by atoms with Crippen molar-refractivity contribution < 1.29 is 8.72 Å². The standard InChI is InChI=1S/C3H5NOS/c6-4-1-2-5-3-4/h3H,1-2H2. The van der Waals surface area contributed by atoms with Gasteiger partial charge in [-0.05, 0) is 0 Å². The van der Waals surface area contributed by atoms with E-state index < -0.39 is 0 Å². The first-order valence-corrected chi connectivity index (χ1v) is 2.15. The van der Waals surface area contributed by atoms with Crippen molar-refractivity contribution in [3.05, 3.63) is 0 Å². The molecule has 1 aliphatic heterocycles. The van der Waals surface area contributed by atoms with Crippen molar-refractivity contribution in [3.8, 4) is 0 Å². The van der Waals surface area contributed by atoms with Crippen LogP contribution in [0.25, 0.3) is 0 Å². The molecule has 0 spiro atoms. The Kier molecular flexibility index (Phi) is 0.919. The Morgan fingerprint density at radius 2 is 2.67 bits per heavy atom. The lowest BCUT2D eigenvalue weighted by molar-refractivity contribution is -0.326. The van der Waals surface area contributed by atoms with E-state index in [2.05, 4.69) is 12.8 Å². The number of hydrogen-bond donors (Lipinski definition) is 0. The minimum atomic E-state index is 0.753. The minimum Gasteiger partial charge on any atom is -0.444 e. The molecule has 6 heavy (non-hydrogen) atoms. The van der Waals surface area contributed by atoms with Gasteiger partial charge in [-0.25, -0.2) is 0 Å². The van der Waals surface area contributed by atoms with Crippen LogP contribution in [0, 0.1) is 0 Å². The van der Waals surface area contributed by atoms with Crippen LogP contribution in [-0.2, 0) is 17.6 Å². The molecule has 1 aliphatic rings. The lowest BCUT2D eigenvalue weighted by Gasteiger charge is -1.87. The Labute approximate surface area is 42.0 Å². The first-order valence-electron chi connectivity index (χ1n) is 1.78. The third kappa shape index (κ3) is 0.597. The molecule has 0 aromatic heterocycles. The zero-order valence-electron chi connectivity index (χ0n) is 3.26. The van der Waals surface area contributed by atoms with Gasteiger partial charge in [0.1, 0.15) is 0 Å². The third-order valence-corrected chi connectivity index (χ3v) is 0.890. The highest BCUT2D eigenvalue weighted by atomic mass is 32.1. The second-order valence-electron chi connectivity index (χ2n) is 1.12. The van der Waals surface area contributed by atoms with Crippen LogP contribution in [0.5, 0.6) is 0 Å². The molecule has 0 saturated carbocycles. The lowest BCUT2D eigenvalue weighted by Crippen LogP contribution is -1.97. The lowest BCUT2D eigenvalue weighted by atomic mass is 10.8. The summed E-state index contributed by atoms with van der Waals surface area (Å²) in [6.45, 7) is 1.61. The van der Waals surface area contributed by atoms with Crippen molar-refractivity contribution in [2.75, 3.05) is 13.2 Å². The average Bonchev–Trinajstić information content (AvgIpc) is 1.86. The van der Waals surface area contributed by atoms with Gasteiger partial charge in [-0.2, -0.15) is 0 Å².